The summed E-state index contributed by atoms with van der Waals surface area (Å²) in [6.07, 6.45) is 1.69. The van der Waals surface area contributed by atoms with Crippen LogP contribution in [-0.4, -0.2) is 19.3 Å². The standard InChI is InChI=1S/C23H19N3O2/c1-16-3-10-20(11-4-16)26-21-12-9-19(23(27)28-2)13-22(21)25-15-18-7-5-17(14-24)6-8-18/h3-13,15,26H,1-2H3/b25-15+. The van der Waals surface area contributed by atoms with Gasteiger partial charge in [0, 0.05) is 11.9 Å². The molecule has 0 fully saturated rings. The summed E-state index contributed by atoms with van der Waals surface area (Å²) in [5.74, 6) is -0.420. The van der Waals surface area contributed by atoms with Gasteiger partial charge in [0.1, 0.15) is 0 Å². The Balaban J connectivity index is 1.94. The van der Waals surface area contributed by atoms with E-state index in [-0.39, 0.29) is 0 Å². The lowest BCUT2D eigenvalue weighted by molar-refractivity contribution is 0.0601. The van der Waals surface area contributed by atoms with Crippen LogP contribution in [0.1, 0.15) is 27.0 Å². The number of aliphatic imine (C=N–C) groups is 1. The van der Waals surface area contributed by atoms with Crippen molar-refractivity contribution in [2.24, 2.45) is 4.99 Å². The van der Waals surface area contributed by atoms with E-state index in [1.54, 1.807) is 36.5 Å². The highest BCUT2D eigenvalue weighted by molar-refractivity contribution is 5.93. The minimum atomic E-state index is -0.420. The number of methoxy groups -OCH3 is 1. The van der Waals surface area contributed by atoms with Gasteiger partial charge in [-0.1, -0.05) is 29.8 Å². The Kier molecular flexibility index (Phi) is 5.83. The Morgan fingerprint density at radius 2 is 1.79 bits per heavy atom. The Morgan fingerprint density at radius 1 is 1.07 bits per heavy atom. The highest BCUT2D eigenvalue weighted by Gasteiger charge is 2.10. The highest BCUT2D eigenvalue weighted by atomic mass is 16.5. The predicted octanol–water partition coefficient (Wildman–Crippen LogP) is 5.15. The maximum atomic E-state index is 11.9. The first kappa shape index (κ1) is 18.9. The second-order valence-corrected chi connectivity index (χ2v) is 6.21. The number of anilines is 2. The molecule has 3 aromatic carbocycles. The molecule has 0 radical (unpaired) electrons. The average molecular weight is 369 g/mol. The Hall–Kier alpha value is -3.91. The largest absolute Gasteiger partial charge is 0.465 e. The van der Waals surface area contributed by atoms with E-state index < -0.39 is 5.97 Å². The fraction of sp³-hybridized carbons (Fsp3) is 0.0870. The van der Waals surface area contributed by atoms with Gasteiger partial charge in [0.05, 0.1) is 35.7 Å². The molecule has 0 aliphatic heterocycles. The van der Waals surface area contributed by atoms with Crippen molar-refractivity contribution in [3.63, 3.8) is 0 Å². The van der Waals surface area contributed by atoms with Crippen LogP contribution in [0.3, 0.4) is 0 Å². The predicted molar refractivity (Wildman–Crippen MR) is 111 cm³/mol. The summed E-state index contributed by atoms with van der Waals surface area (Å²) in [5, 5.41) is 12.2. The van der Waals surface area contributed by atoms with Gasteiger partial charge in [-0.3, -0.25) is 4.99 Å². The molecule has 0 saturated carbocycles. The molecule has 0 saturated heterocycles. The van der Waals surface area contributed by atoms with E-state index in [9.17, 15) is 4.79 Å². The number of rotatable bonds is 5. The monoisotopic (exact) mass is 369 g/mol. The summed E-state index contributed by atoms with van der Waals surface area (Å²) < 4.78 is 4.81. The molecule has 3 aromatic rings. The van der Waals surface area contributed by atoms with Crippen LogP contribution in [0.15, 0.2) is 71.7 Å². The van der Waals surface area contributed by atoms with Crippen molar-refractivity contribution in [2.45, 2.75) is 6.92 Å². The zero-order chi connectivity index (χ0) is 19.9. The molecule has 0 bridgehead atoms. The molecule has 0 unspecified atom stereocenters. The van der Waals surface area contributed by atoms with E-state index in [0.29, 0.717) is 16.8 Å². The second kappa shape index (κ2) is 8.65. The van der Waals surface area contributed by atoms with E-state index in [2.05, 4.69) is 16.4 Å². The van der Waals surface area contributed by atoms with Gasteiger partial charge < -0.3 is 10.1 Å². The quantitative estimate of drug-likeness (QED) is 0.499. The summed E-state index contributed by atoms with van der Waals surface area (Å²) >= 11 is 0. The fourth-order valence-electron chi connectivity index (χ4n) is 2.57. The lowest BCUT2D eigenvalue weighted by atomic mass is 10.1. The van der Waals surface area contributed by atoms with Crippen molar-refractivity contribution >= 4 is 29.2 Å². The van der Waals surface area contributed by atoms with Crippen molar-refractivity contribution in [3.05, 3.63) is 89.0 Å². The number of hydrogen-bond donors (Lipinski definition) is 1. The third-order valence-corrected chi connectivity index (χ3v) is 4.14. The molecular formula is C23H19N3O2. The molecule has 0 aliphatic rings. The molecule has 1 N–H and O–H groups in total. The van der Waals surface area contributed by atoms with Gasteiger partial charge in [-0.25, -0.2) is 4.79 Å². The molecule has 0 heterocycles. The van der Waals surface area contributed by atoms with Crippen LogP contribution >= 0.6 is 0 Å². The van der Waals surface area contributed by atoms with Gasteiger partial charge in [0.15, 0.2) is 0 Å². The number of benzene rings is 3. The van der Waals surface area contributed by atoms with Crippen LogP contribution in [0.25, 0.3) is 0 Å². The minimum Gasteiger partial charge on any atom is -0.465 e. The van der Waals surface area contributed by atoms with Gasteiger partial charge in [-0.2, -0.15) is 5.26 Å². The Labute approximate surface area is 163 Å². The number of nitrogens with zero attached hydrogens (tertiary/aromatic N) is 2. The van der Waals surface area contributed by atoms with Gasteiger partial charge >= 0.3 is 5.97 Å². The molecule has 0 atom stereocenters. The van der Waals surface area contributed by atoms with Crippen molar-refractivity contribution in [1.29, 1.82) is 5.26 Å². The van der Waals surface area contributed by atoms with E-state index >= 15 is 0 Å². The molecule has 0 amide bonds. The summed E-state index contributed by atoms with van der Waals surface area (Å²) in [7, 11) is 1.35. The SMILES string of the molecule is COC(=O)c1ccc(Nc2ccc(C)cc2)c(/N=C/c2ccc(C#N)cc2)c1. The molecule has 5 nitrogen and oxygen atoms in total. The highest BCUT2D eigenvalue weighted by Crippen LogP contribution is 2.30. The first-order valence-electron chi connectivity index (χ1n) is 8.69. The van der Waals surface area contributed by atoms with Crippen LogP contribution in [0, 0.1) is 18.3 Å². The van der Waals surface area contributed by atoms with Crippen molar-refractivity contribution in [1.82, 2.24) is 0 Å². The number of ether oxygens (including phenoxy) is 1. The van der Waals surface area contributed by atoms with Gasteiger partial charge in [-0.15, -0.1) is 0 Å². The number of hydrogen-bond acceptors (Lipinski definition) is 5. The molecule has 0 aromatic heterocycles. The van der Waals surface area contributed by atoms with Crippen LogP contribution in [-0.2, 0) is 4.74 Å². The van der Waals surface area contributed by atoms with E-state index in [1.165, 1.54) is 12.7 Å². The van der Waals surface area contributed by atoms with Gasteiger partial charge in [0.25, 0.3) is 0 Å². The molecule has 0 spiro atoms. The minimum absolute atomic E-state index is 0.420. The number of carbonyl (C=O) groups is 1. The summed E-state index contributed by atoms with van der Waals surface area (Å²) in [6.45, 7) is 2.03. The normalized spacial score (nSPS) is 10.5. The molecular weight excluding hydrogens is 350 g/mol. The first-order valence-corrected chi connectivity index (χ1v) is 8.69. The summed E-state index contributed by atoms with van der Waals surface area (Å²) in [4.78, 5) is 16.4. The molecule has 138 valence electrons. The van der Waals surface area contributed by atoms with Crippen LogP contribution in [0.2, 0.25) is 0 Å². The van der Waals surface area contributed by atoms with E-state index in [1.807, 2.05) is 43.3 Å². The second-order valence-electron chi connectivity index (χ2n) is 6.21. The molecule has 3 rings (SSSR count). The van der Waals surface area contributed by atoms with Crippen LogP contribution in [0.4, 0.5) is 17.1 Å². The van der Waals surface area contributed by atoms with Crippen molar-refractivity contribution < 1.29 is 9.53 Å². The Morgan fingerprint density at radius 3 is 2.43 bits per heavy atom. The smallest absolute Gasteiger partial charge is 0.337 e. The van der Waals surface area contributed by atoms with Crippen molar-refractivity contribution in [3.8, 4) is 6.07 Å². The molecule has 28 heavy (non-hydrogen) atoms. The molecule has 5 heteroatoms. The van der Waals surface area contributed by atoms with Gasteiger partial charge in [0.2, 0.25) is 0 Å². The fourth-order valence-corrected chi connectivity index (χ4v) is 2.57. The van der Waals surface area contributed by atoms with E-state index in [0.717, 1.165) is 16.9 Å². The third kappa shape index (κ3) is 4.63. The maximum absolute atomic E-state index is 11.9. The molecule has 0 aliphatic carbocycles. The topological polar surface area (TPSA) is 74.5 Å². The zero-order valence-corrected chi connectivity index (χ0v) is 15.6. The lowest BCUT2D eigenvalue weighted by Crippen LogP contribution is -2.01. The summed E-state index contributed by atoms with van der Waals surface area (Å²) in [5.41, 5.74) is 5.32. The van der Waals surface area contributed by atoms with Crippen LogP contribution in [0.5, 0.6) is 0 Å². The first-order chi connectivity index (χ1) is 13.6. The maximum Gasteiger partial charge on any atom is 0.337 e. The third-order valence-electron chi connectivity index (χ3n) is 4.14. The Bertz CT molecular complexity index is 1050. The number of nitriles is 1. The number of aryl methyl sites for hydroxylation is 1. The van der Waals surface area contributed by atoms with Gasteiger partial charge in [-0.05, 0) is 55.0 Å². The number of nitrogens with one attached hydrogen (secondary N) is 1. The zero-order valence-electron chi connectivity index (χ0n) is 15.6. The van der Waals surface area contributed by atoms with E-state index in [4.69, 9.17) is 10.00 Å². The number of carbonyl (C=O) groups excluding carboxylic acids is 1. The average Bonchev–Trinajstić information content (AvgIpc) is 2.74. The summed E-state index contributed by atoms with van der Waals surface area (Å²) in [6, 6.07) is 22.4. The lowest BCUT2D eigenvalue weighted by Gasteiger charge is -2.11. The van der Waals surface area contributed by atoms with Crippen LogP contribution < -0.4 is 5.32 Å². The van der Waals surface area contributed by atoms with Crippen molar-refractivity contribution in [2.75, 3.05) is 12.4 Å². The number of esters is 1.